The van der Waals surface area contributed by atoms with Crippen molar-refractivity contribution < 1.29 is 13.9 Å². The highest BCUT2D eigenvalue weighted by atomic mass is 19.1. The number of methoxy groups -OCH3 is 1. The highest BCUT2D eigenvalue weighted by Gasteiger charge is 2.08. The second kappa shape index (κ2) is 9.14. The fourth-order valence-electron chi connectivity index (χ4n) is 3.00. The summed E-state index contributed by atoms with van der Waals surface area (Å²) in [5.74, 6) is 0.155. The molecule has 3 aromatic rings. The molecule has 6 nitrogen and oxygen atoms in total. The highest BCUT2D eigenvalue weighted by molar-refractivity contribution is 5.83. The summed E-state index contributed by atoms with van der Waals surface area (Å²) >= 11 is 0. The van der Waals surface area contributed by atoms with Crippen LogP contribution in [-0.2, 0) is 17.8 Å². The van der Waals surface area contributed by atoms with Gasteiger partial charge < -0.3 is 4.74 Å². The lowest BCUT2D eigenvalue weighted by atomic mass is 10.1. The Hall–Kier alpha value is -3.48. The second-order valence-electron chi connectivity index (χ2n) is 6.75. The number of carbonyl (C=O) groups excluding carboxylic acids is 1. The molecule has 1 aromatic heterocycles. The molecular formula is C22H23FN4O2. The van der Waals surface area contributed by atoms with E-state index in [4.69, 9.17) is 4.74 Å². The zero-order valence-corrected chi connectivity index (χ0v) is 16.6. The molecule has 29 heavy (non-hydrogen) atoms. The molecule has 0 radical (unpaired) electrons. The van der Waals surface area contributed by atoms with E-state index in [0.29, 0.717) is 6.54 Å². The number of benzene rings is 2. The third-order valence-electron chi connectivity index (χ3n) is 4.41. The molecule has 0 aliphatic heterocycles. The Bertz CT molecular complexity index is 1030. The number of hydrogen-bond acceptors (Lipinski definition) is 4. The van der Waals surface area contributed by atoms with Gasteiger partial charge in [-0.25, -0.2) is 9.82 Å². The van der Waals surface area contributed by atoms with Crippen LogP contribution in [0.3, 0.4) is 0 Å². The van der Waals surface area contributed by atoms with Crippen molar-refractivity contribution in [3.05, 3.63) is 82.4 Å². The van der Waals surface area contributed by atoms with E-state index in [2.05, 4.69) is 15.6 Å². The van der Waals surface area contributed by atoms with Crippen LogP contribution in [0.25, 0.3) is 0 Å². The summed E-state index contributed by atoms with van der Waals surface area (Å²) in [7, 11) is 1.63. The summed E-state index contributed by atoms with van der Waals surface area (Å²) in [6, 6.07) is 13.5. The average molecular weight is 394 g/mol. The fraction of sp³-hybridized carbons (Fsp3) is 0.227. The minimum Gasteiger partial charge on any atom is -0.496 e. The van der Waals surface area contributed by atoms with Crippen molar-refractivity contribution in [2.75, 3.05) is 7.11 Å². The molecule has 0 aliphatic rings. The van der Waals surface area contributed by atoms with Gasteiger partial charge in [0.05, 0.1) is 32.0 Å². The van der Waals surface area contributed by atoms with Gasteiger partial charge in [0, 0.05) is 11.3 Å². The molecule has 0 aliphatic carbocycles. The number of ether oxygens (including phenoxy) is 1. The molecule has 7 heteroatoms. The first-order valence-corrected chi connectivity index (χ1v) is 9.19. The minimum atomic E-state index is -0.331. The van der Waals surface area contributed by atoms with Crippen molar-refractivity contribution >= 4 is 12.1 Å². The standard InChI is InChI=1S/C22H23FN4O2/c1-15-10-16(2)27(26-15)14-19-11-18(6-9-21(19)29-3)13-24-25-22(28)12-17-4-7-20(23)8-5-17/h4-11,13H,12,14H2,1-3H3,(H,25,28)/b24-13-. The molecule has 3 rings (SSSR count). The van der Waals surface area contributed by atoms with E-state index in [1.165, 1.54) is 12.1 Å². The smallest absolute Gasteiger partial charge is 0.244 e. The normalized spacial score (nSPS) is 11.0. The Morgan fingerprint density at radius 3 is 2.62 bits per heavy atom. The number of nitrogens with zero attached hydrogens (tertiary/aromatic N) is 3. The van der Waals surface area contributed by atoms with E-state index in [0.717, 1.165) is 33.8 Å². The molecule has 1 amide bonds. The van der Waals surface area contributed by atoms with E-state index < -0.39 is 0 Å². The molecule has 0 saturated heterocycles. The maximum Gasteiger partial charge on any atom is 0.244 e. The van der Waals surface area contributed by atoms with Gasteiger partial charge in [0.2, 0.25) is 5.91 Å². The number of carbonyl (C=O) groups is 1. The van der Waals surface area contributed by atoms with Crippen LogP contribution in [0.1, 0.15) is 28.1 Å². The summed E-state index contributed by atoms with van der Waals surface area (Å²) < 4.78 is 20.3. The van der Waals surface area contributed by atoms with Crippen LogP contribution in [0.4, 0.5) is 4.39 Å². The molecule has 0 fully saturated rings. The van der Waals surface area contributed by atoms with Crippen LogP contribution in [-0.4, -0.2) is 29.0 Å². The number of aryl methyl sites for hydroxylation is 2. The van der Waals surface area contributed by atoms with Crippen LogP contribution in [0, 0.1) is 19.7 Å². The number of rotatable bonds is 7. The van der Waals surface area contributed by atoms with Gasteiger partial charge in [0.25, 0.3) is 0 Å². The number of amides is 1. The molecule has 1 heterocycles. The molecule has 0 saturated carbocycles. The summed E-state index contributed by atoms with van der Waals surface area (Å²) in [6.45, 7) is 4.54. The van der Waals surface area contributed by atoms with Gasteiger partial charge in [-0.05, 0) is 61.4 Å². The van der Waals surface area contributed by atoms with Crippen molar-refractivity contribution in [2.24, 2.45) is 5.10 Å². The van der Waals surface area contributed by atoms with Gasteiger partial charge in [-0.3, -0.25) is 9.48 Å². The van der Waals surface area contributed by atoms with Crippen LogP contribution in [0.15, 0.2) is 53.6 Å². The first kappa shape index (κ1) is 20.3. The Morgan fingerprint density at radius 1 is 1.21 bits per heavy atom. The van der Waals surface area contributed by atoms with Crippen LogP contribution >= 0.6 is 0 Å². The minimum absolute atomic E-state index is 0.128. The molecule has 1 N–H and O–H groups in total. The molecule has 0 bridgehead atoms. The number of nitrogens with one attached hydrogen (secondary N) is 1. The maximum atomic E-state index is 12.9. The maximum absolute atomic E-state index is 12.9. The quantitative estimate of drug-likeness (QED) is 0.493. The number of aromatic nitrogens is 2. The summed E-state index contributed by atoms with van der Waals surface area (Å²) in [5, 5.41) is 8.51. The number of hydrazone groups is 1. The fourth-order valence-corrected chi connectivity index (χ4v) is 3.00. The van der Waals surface area contributed by atoms with Crippen LogP contribution in [0.5, 0.6) is 5.75 Å². The Kier molecular flexibility index (Phi) is 6.39. The van der Waals surface area contributed by atoms with Crippen molar-refractivity contribution in [1.29, 1.82) is 0 Å². The monoisotopic (exact) mass is 394 g/mol. The lowest BCUT2D eigenvalue weighted by Gasteiger charge is -2.11. The van der Waals surface area contributed by atoms with Gasteiger partial charge in [0.1, 0.15) is 11.6 Å². The second-order valence-corrected chi connectivity index (χ2v) is 6.75. The van der Waals surface area contributed by atoms with Gasteiger partial charge in [-0.2, -0.15) is 10.2 Å². The Balaban J connectivity index is 1.66. The molecule has 2 aromatic carbocycles. The Morgan fingerprint density at radius 2 is 1.97 bits per heavy atom. The molecular weight excluding hydrogens is 371 g/mol. The van der Waals surface area contributed by atoms with E-state index in [-0.39, 0.29) is 18.1 Å². The lowest BCUT2D eigenvalue weighted by molar-refractivity contribution is -0.120. The van der Waals surface area contributed by atoms with Gasteiger partial charge in [0.15, 0.2) is 0 Å². The summed E-state index contributed by atoms with van der Waals surface area (Å²) in [6.07, 6.45) is 1.70. The van der Waals surface area contributed by atoms with Gasteiger partial charge in [-0.1, -0.05) is 12.1 Å². The van der Waals surface area contributed by atoms with Crippen molar-refractivity contribution in [2.45, 2.75) is 26.8 Å². The van der Waals surface area contributed by atoms with Crippen molar-refractivity contribution in [3.63, 3.8) is 0 Å². The summed E-state index contributed by atoms with van der Waals surface area (Å²) in [4.78, 5) is 12.0. The predicted octanol–water partition coefficient (Wildman–Crippen LogP) is 3.39. The topological polar surface area (TPSA) is 68.5 Å². The van der Waals surface area contributed by atoms with E-state index in [1.807, 2.05) is 42.8 Å². The SMILES string of the molecule is COc1ccc(/C=N\NC(=O)Cc2ccc(F)cc2)cc1Cn1nc(C)cc1C. The number of halogens is 1. The van der Waals surface area contributed by atoms with Gasteiger partial charge in [-0.15, -0.1) is 0 Å². The molecule has 0 unspecified atom stereocenters. The summed E-state index contributed by atoms with van der Waals surface area (Å²) in [5.41, 5.74) is 7.02. The first-order valence-electron chi connectivity index (χ1n) is 9.19. The number of hydrogen-bond donors (Lipinski definition) is 1. The highest BCUT2D eigenvalue weighted by Crippen LogP contribution is 2.21. The molecule has 0 atom stereocenters. The zero-order valence-electron chi connectivity index (χ0n) is 16.6. The van der Waals surface area contributed by atoms with Crippen LogP contribution in [0.2, 0.25) is 0 Å². The third kappa shape index (κ3) is 5.51. The first-order chi connectivity index (χ1) is 13.9. The molecule has 0 spiro atoms. The Labute approximate surface area is 169 Å². The lowest BCUT2D eigenvalue weighted by Crippen LogP contribution is -2.19. The third-order valence-corrected chi connectivity index (χ3v) is 4.41. The molecule has 150 valence electrons. The van der Waals surface area contributed by atoms with Gasteiger partial charge >= 0.3 is 0 Å². The van der Waals surface area contributed by atoms with E-state index >= 15 is 0 Å². The zero-order chi connectivity index (χ0) is 20.8. The predicted molar refractivity (Wildman–Crippen MR) is 110 cm³/mol. The average Bonchev–Trinajstić information content (AvgIpc) is 3.01. The van der Waals surface area contributed by atoms with Crippen molar-refractivity contribution in [1.82, 2.24) is 15.2 Å². The van der Waals surface area contributed by atoms with E-state index in [9.17, 15) is 9.18 Å². The van der Waals surface area contributed by atoms with Crippen molar-refractivity contribution in [3.8, 4) is 5.75 Å². The largest absolute Gasteiger partial charge is 0.496 e. The van der Waals surface area contributed by atoms with Crippen LogP contribution < -0.4 is 10.2 Å². The van der Waals surface area contributed by atoms with E-state index in [1.54, 1.807) is 25.5 Å².